The molecule has 1 atom stereocenters. The van der Waals surface area contributed by atoms with E-state index in [1.807, 2.05) is 12.4 Å². The summed E-state index contributed by atoms with van der Waals surface area (Å²) < 4.78 is 1.02. The Kier molecular flexibility index (Phi) is 3.20. The van der Waals surface area contributed by atoms with Gasteiger partial charge in [-0.25, -0.2) is 0 Å². The van der Waals surface area contributed by atoms with Crippen LogP contribution >= 0.6 is 0 Å². The zero-order valence-corrected chi connectivity index (χ0v) is 10.1. The van der Waals surface area contributed by atoms with Crippen molar-refractivity contribution in [3.63, 3.8) is 0 Å². The molecule has 0 aromatic carbocycles. The Balaban J connectivity index is 2.14. The van der Waals surface area contributed by atoms with Crippen molar-refractivity contribution in [2.75, 3.05) is 20.1 Å². The van der Waals surface area contributed by atoms with E-state index in [-0.39, 0.29) is 0 Å². The maximum absolute atomic E-state index is 4.04. The summed E-state index contributed by atoms with van der Waals surface area (Å²) in [7, 11) is 2.28. The molecule has 0 radical (unpaired) electrons. The largest absolute Gasteiger partial charge is 0.296 e. The smallest absolute Gasteiger partial charge is 0.102 e. The summed E-state index contributed by atoms with van der Waals surface area (Å²) >= 11 is 0. The average molecular weight is 215 g/mol. The van der Waals surface area contributed by atoms with Crippen molar-refractivity contribution in [1.29, 1.82) is 0 Å². The molecule has 0 N–H and O–H groups in total. The predicted molar refractivity (Wildman–Crippen MR) is 67.6 cm³/mol. The number of aromatic nitrogens is 1. The van der Waals surface area contributed by atoms with Gasteiger partial charge >= 0.3 is 0 Å². The van der Waals surface area contributed by atoms with E-state index in [1.165, 1.54) is 24.1 Å². The molecule has 2 heterocycles. The van der Waals surface area contributed by atoms with Crippen molar-refractivity contribution in [2.45, 2.75) is 13.3 Å². The number of rotatable bonds is 3. The molecule has 2 rings (SSSR count). The lowest BCUT2D eigenvalue weighted by Crippen LogP contribution is -2.40. The Bertz CT molecular complexity index is 406. The van der Waals surface area contributed by atoms with Gasteiger partial charge in [0.05, 0.1) is 19.8 Å². The lowest BCUT2D eigenvalue weighted by atomic mass is 10.0. The van der Waals surface area contributed by atoms with Gasteiger partial charge in [0, 0.05) is 12.4 Å². The summed E-state index contributed by atoms with van der Waals surface area (Å²) in [5.41, 5.74) is 2.57. The Labute approximate surface area is 97.5 Å². The fraction of sp³-hybridized carbons (Fsp3) is 0.357. The third kappa shape index (κ3) is 2.39. The van der Waals surface area contributed by atoms with E-state index in [2.05, 4.69) is 49.4 Å². The summed E-state index contributed by atoms with van der Waals surface area (Å²) in [5.74, 6) is 0. The summed E-state index contributed by atoms with van der Waals surface area (Å²) in [6, 6.07) is 4.12. The Morgan fingerprint density at radius 2 is 2.06 bits per heavy atom. The van der Waals surface area contributed by atoms with Crippen LogP contribution in [-0.2, 0) is 0 Å². The standard InChI is InChI=1S/C14H19N2/c1-3-10-16(2)11-6-14(7-12-16)13-4-8-15-9-5-13/h4-9,11H,3,10,12H2,1-2H3/q+1. The highest BCUT2D eigenvalue weighted by atomic mass is 15.3. The molecule has 0 aliphatic carbocycles. The molecule has 1 aliphatic rings. The molecule has 1 aromatic rings. The van der Waals surface area contributed by atoms with Crippen molar-refractivity contribution in [1.82, 2.24) is 4.98 Å². The lowest BCUT2D eigenvalue weighted by Gasteiger charge is -2.31. The number of nitrogens with zero attached hydrogens (tertiary/aromatic N) is 2. The monoisotopic (exact) mass is 215 g/mol. The third-order valence-electron chi connectivity index (χ3n) is 3.09. The van der Waals surface area contributed by atoms with Crippen LogP contribution in [0.1, 0.15) is 18.9 Å². The quantitative estimate of drug-likeness (QED) is 0.707. The highest BCUT2D eigenvalue weighted by molar-refractivity contribution is 5.73. The minimum atomic E-state index is 1.02. The summed E-state index contributed by atoms with van der Waals surface area (Å²) in [4.78, 5) is 4.04. The number of quaternary nitrogens is 1. The second-order valence-corrected chi connectivity index (χ2v) is 4.60. The van der Waals surface area contributed by atoms with Crippen molar-refractivity contribution < 1.29 is 4.48 Å². The van der Waals surface area contributed by atoms with Gasteiger partial charge < -0.3 is 0 Å². The van der Waals surface area contributed by atoms with E-state index in [0.717, 1.165) is 11.0 Å². The highest BCUT2D eigenvalue weighted by Crippen LogP contribution is 2.22. The molecule has 0 saturated carbocycles. The topological polar surface area (TPSA) is 12.9 Å². The second kappa shape index (κ2) is 4.62. The molecule has 0 amide bonds. The molecule has 84 valence electrons. The van der Waals surface area contributed by atoms with Crippen LogP contribution in [0.25, 0.3) is 5.57 Å². The Hall–Kier alpha value is -1.41. The van der Waals surface area contributed by atoms with Crippen molar-refractivity contribution in [3.05, 3.63) is 48.4 Å². The Morgan fingerprint density at radius 3 is 2.62 bits per heavy atom. The molecule has 0 bridgehead atoms. The zero-order valence-electron chi connectivity index (χ0n) is 10.1. The summed E-state index contributed by atoms with van der Waals surface area (Å²) in [5, 5.41) is 0. The molecular formula is C14H19N2+. The van der Waals surface area contributed by atoms with Crippen LogP contribution in [0, 0.1) is 0 Å². The van der Waals surface area contributed by atoms with Gasteiger partial charge in [-0.2, -0.15) is 0 Å². The molecule has 1 aromatic heterocycles. The van der Waals surface area contributed by atoms with Gasteiger partial charge in [-0.1, -0.05) is 6.92 Å². The zero-order chi connectivity index (χ0) is 11.4. The van der Waals surface area contributed by atoms with Gasteiger partial charge in [0.1, 0.15) is 6.54 Å². The molecule has 1 unspecified atom stereocenters. The maximum Gasteiger partial charge on any atom is 0.102 e. The maximum atomic E-state index is 4.04. The predicted octanol–water partition coefficient (Wildman–Crippen LogP) is 2.85. The normalized spacial score (nSPS) is 24.2. The van der Waals surface area contributed by atoms with Crippen LogP contribution in [0.3, 0.4) is 0 Å². The van der Waals surface area contributed by atoms with E-state index >= 15 is 0 Å². The van der Waals surface area contributed by atoms with Gasteiger partial charge in [0.2, 0.25) is 0 Å². The second-order valence-electron chi connectivity index (χ2n) is 4.60. The molecule has 16 heavy (non-hydrogen) atoms. The van der Waals surface area contributed by atoms with Gasteiger partial charge in [0.25, 0.3) is 0 Å². The minimum Gasteiger partial charge on any atom is -0.296 e. The molecule has 0 fully saturated rings. The van der Waals surface area contributed by atoms with E-state index < -0.39 is 0 Å². The number of pyridine rings is 1. The first-order chi connectivity index (χ1) is 7.73. The van der Waals surface area contributed by atoms with E-state index in [0.29, 0.717) is 0 Å². The van der Waals surface area contributed by atoms with Gasteiger partial charge in [0.15, 0.2) is 0 Å². The highest BCUT2D eigenvalue weighted by Gasteiger charge is 2.19. The van der Waals surface area contributed by atoms with Crippen molar-refractivity contribution >= 4 is 5.57 Å². The van der Waals surface area contributed by atoms with Crippen LogP contribution in [0.2, 0.25) is 0 Å². The van der Waals surface area contributed by atoms with Crippen LogP contribution in [0.5, 0.6) is 0 Å². The fourth-order valence-electron chi connectivity index (χ4n) is 2.13. The van der Waals surface area contributed by atoms with Gasteiger partial charge in [-0.15, -0.1) is 0 Å². The first kappa shape index (κ1) is 11.1. The molecule has 0 saturated heterocycles. The SMILES string of the molecule is CCC[N+]1(C)C=CC(c2ccncc2)=CC1. The number of allylic oxidation sites excluding steroid dienone is 2. The first-order valence-electron chi connectivity index (χ1n) is 5.87. The third-order valence-corrected chi connectivity index (χ3v) is 3.09. The molecular weight excluding hydrogens is 196 g/mol. The molecule has 1 aliphatic heterocycles. The van der Waals surface area contributed by atoms with E-state index in [9.17, 15) is 0 Å². The summed E-state index contributed by atoms with van der Waals surface area (Å²) in [6.07, 6.45) is 11.8. The Morgan fingerprint density at radius 1 is 1.31 bits per heavy atom. The molecule has 2 heteroatoms. The van der Waals surface area contributed by atoms with Crippen molar-refractivity contribution in [3.8, 4) is 0 Å². The van der Waals surface area contributed by atoms with Crippen LogP contribution < -0.4 is 0 Å². The van der Waals surface area contributed by atoms with Crippen molar-refractivity contribution in [2.24, 2.45) is 0 Å². The first-order valence-corrected chi connectivity index (χ1v) is 5.87. The fourth-order valence-corrected chi connectivity index (χ4v) is 2.13. The summed E-state index contributed by atoms with van der Waals surface area (Å²) in [6.45, 7) is 4.53. The van der Waals surface area contributed by atoms with E-state index in [4.69, 9.17) is 0 Å². The lowest BCUT2D eigenvalue weighted by molar-refractivity contribution is -0.854. The van der Waals surface area contributed by atoms with Crippen LogP contribution in [-0.4, -0.2) is 29.6 Å². The van der Waals surface area contributed by atoms with Gasteiger partial charge in [-0.3, -0.25) is 9.47 Å². The average Bonchev–Trinajstić information content (AvgIpc) is 2.31. The number of hydrogen-bond acceptors (Lipinski definition) is 1. The van der Waals surface area contributed by atoms with Gasteiger partial charge in [-0.05, 0) is 41.8 Å². The molecule has 0 spiro atoms. The van der Waals surface area contributed by atoms with Crippen LogP contribution in [0.15, 0.2) is 42.9 Å². The van der Waals surface area contributed by atoms with Crippen LogP contribution in [0.4, 0.5) is 0 Å². The van der Waals surface area contributed by atoms with E-state index in [1.54, 1.807) is 0 Å². The minimum absolute atomic E-state index is 1.02. The number of likely N-dealkylation sites (N-methyl/N-ethyl adjacent to an activating group) is 1. The molecule has 2 nitrogen and oxygen atoms in total. The number of hydrogen-bond donors (Lipinski definition) is 0.